The van der Waals surface area contributed by atoms with Crippen molar-refractivity contribution >= 4 is 17.2 Å². The Morgan fingerprint density at radius 1 is 1.33 bits per heavy atom. The SMILES string of the molecule is COCc1c(C(=O)NC[C@@H]2C[C@H]3C=C[C@@H]2C3)cnn1-c1nccc(-c2cccs2)n1. The van der Waals surface area contributed by atoms with E-state index < -0.39 is 0 Å². The van der Waals surface area contributed by atoms with E-state index in [1.165, 1.54) is 6.42 Å². The molecule has 0 aliphatic heterocycles. The number of amides is 1. The van der Waals surface area contributed by atoms with Crippen molar-refractivity contribution in [2.75, 3.05) is 13.7 Å². The second kappa shape index (κ2) is 8.12. The summed E-state index contributed by atoms with van der Waals surface area (Å²) in [6.45, 7) is 0.929. The third kappa shape index (κ3) is 3.57. The molecule has 5 rings (SSSR count). The zero-order valence-electron chi connectivity index (χ0n) is 16.7. The van der Waals surface area contributed by atoms with Crippen LogP contribution in [0.15, 0.2) is 48.1 Å². The highest BCUT2D eigenvalue weighted by Gasteiger charge is 2.35. The molecule has 1 fully saturated rings. The molecular formula is C22H23N5O2S. The van der Waals surface area contributed by atoms with E-state index >= 15 is 0 Å². The first-order valence-electron chi connectivity index (χ1n) is 10.1. The van der Waals surface area contributed by atoms with E-state index in [9.17, 15) is 4.79 Å². The number of allylic oxidation sites excluding steroid dienone is 2. The van der Waals surface area contributed by atoms with Crippen molar-refractivity contribution in [3.05, 3.63) is 59.4 Å². The van der Waals surface area contributed by atoms with Crippen molar-refractivity contribution < 1.29 is 9.53 Å². The lowest BCUT2D eigenvalue weighted by Gasteiger charge is -2.18. The molecular weight excluding hydrogens is 398 g/mol. The summed E-state index contributed by atoms with van der Waals surface area (Å²) in [7, 11) is 1.60. The van der Waals surface area contributed by atoms with Gasteiger partial charge in [-0.3, -0.25) is 4.79 Å². The summed E-state index contributed by atoms with van der Waals surface area (Å²) in [5.74, 6) is 2.11. The maximum absolute atomic E-state index is 12.9. The second-order valence-corrected chi connectivity index (χ2v) is 8.77. The molecule has 1 N–H and O–H groups in total. The minimum Gasteiger partial charge on any atom is -0.378 e. The Kier molecular flexibility index (Phi) is 5.18. The fourth-order valence-corrected chi connectivity index (χ4v) is 5.17. The minimum atomic E-state index is -0.130. The Bertz CT molecular complexity index is 1080. The molecule has 0 spiro atoms. The molecule has 0 radical (unpaired) electrons. The van der Waals surface area contributed by atoms with Gasteiger partial charge in [-0.2, -0.15) is 9.78 Å². The van der Waals surface area contributed by atoms with Gasteiger partial charge in [0.25, 0.3) is 11.9 Å². The molecule has 2 bridgehead atoms. The van der Waals surface area contributed by atoms with Crippen molar-refractivity contribution in [2.45, 2.75) is 19.4 Å². The largest absolute Gasteiger partial charge is 0.378 e. The quantitative estimate of drug-likeness (QED) is 0.591. The number of hydrogen-bond acceptors (Lipinski definition) is 6. The Morgan fingerprint density at radius 2 is 2.27 bits per heavy atom. The van der Waals surface area contributed by atoms with Crippen LogP contribution in [0.3, 0.4) is 0 Å². The number of carbonyl (C=O) groups excluding carboxylic acids is 1. The van der Waals surface area contributed by atoms with Crippen molar-refractivity contribution in [3.8, 4) is 16.5 Å². The van der Waals surface area contributed by atoms with E-state index in [2.05, 4.69) is 32.5 Å². The Balaban J connectivity index is 1.37. The van der Waals surface area contributed by atoms with E-state index in [1.54, 1.807) is 35.5 Å². The normalized spacial score (nSPS) is 22.0. The van der Waals surface area contributed by atoms with Crippen LogP contribution in [0.5, 0.6) is 0 Å². The molecule has 0 aromatic carbocycles. The van der Waals surface area contributed by atoms with Crippen LogP contribution in [0.25, 0.3) is 16.5 Å². The first-order chi connectivity index (χ1) is 14.7. The van der Waals surface area contributed by atoms with Gasteiger partial charge in [0, 0.05) is 19.9 Å². The number of thiophene rings is 1. The number of nitrogens with zero attached hydrogens (tertiary/aromatic N) is 4. The molecule has 3 atom stereocenters. The van der Waals surface area contributed by atoms with Gasteiger partial charge < -0.3 is 10.1 Å². The number of nitrogens with one attached hydrogen (secondary N) is 1. The molecule has 8 heteroatoms. The van der Waals surface area contributed by atoms with Crippen molar-refractivity contribution in [1.82, 2.24) is 25.1 Å². The predicted octanol–water partition coefficient (Wildman–Crippen LogP) is 3.48. The van der Waals surface area contributed by atoms with E-state index in [0.29, 0.717) is 41.5 Å². The first kappa shape index (κ1) is 19.1. The summed E-state index contributed by atoms with van der Waals surface area (Å²) >= 11 is 1.61. The monoisotopic (exact) mass is 421 g/mol. The van der Waals surface area contributed by atoms with E-state index in [-0.39, 0.29) is 12.5 Å². The van der Waals surface area contributed by atoms with Gasteiger partial charge in [-0.25, -0.2) is 9.97 Å². The average molecular weight is 422 g/mol. The summed E-state index contributed by atoms with van der Waals surface area (Å²) in [6, 6.07) is 5.87. The molecule has 3 aromatic heterocycles. The summed E-state index contributed by atoms with van der Waals surface area (Å²) in [6.07, 6.45) is 10.3. The summed E-state index contributed by atoms with van der Waals surface area (Å²) in [4.78, 5) is 23.0. The fraction of sp³-hybridized carbons (Fsp3) is 0.364. The third-order valence-electron chi connectivity index (χ3n) is 5.94. The van der Waals surface area contributed by atoms with Crippen molar-refractivity contribution in [1.29, 1.82) is 0 Å². The lowest BCUT2D eigenvalue weighted by Crippen LogP contribution is -2.31. The van der Waals surface area contributed by atoms with Gasteiger partial charge in [0.1, 0.15) is 0 Å². The Labute approximate surface area is 178 Å². The highest BCUT2D eigenvalue weighted by atomic mass is 32.1. The molecule has 0 saturated heterocycles. The number of rotatable bonds is 7. The maximum Gasteiger partial charge on any atom is 0.254 e. The molecule has 3 aromatic rings. The van der Waals surface area contributed by atoms with Gasteiger partial charge in [-0.05, 0) is 48.1 Å². The van der Waals surface area contributed by atoms with Crippen LogP contribution in [-0.4, -0.2) is 39.3 Å². The first-order valence-corrected chi connectivity index (χ1v) is 11.0. The van der Waals surface area contributed by atoms with Crippen LogP contribution < -0.4 is 5.32 Å². The average Bonchev–Trinajstić information content (AvgIpc) is 3.57. The zero-order valence-corrected chi connectivity index (χ0v) is 17.5. The molecule has 1 saturated carbocycles. The van der Waals surface area contributed by atoms with Gasteiger partial charge >= 0.3 is 0 Å². The van der Waals surface area contributed by atoms with Crippen LogP contribution in [0.2, 0.25) is 0 Å². The lowest BCUT2D eigenvalue weighted by atomic mass is 9.93. The highest BCUT2D eigenvalue weighted by molar-refractivity contribution is 7.13. The minimum absolute atomic E-state index is 0.130. The molecule has 30 heavy (non-hydrogen) atoms. The molecule has 2 aliphatic rings. The molecule has 2 aliphatic carbocycles. The standard InChI is InChI=1S/C22H23N5O2S/c1-29-13-19-17(21(28)24-11-16-10-14-4-5-15(16)9-14)12-25-27(19)22-23-7-6-18(26-22)20-3-2-8-30-20/h2-8,12,14-16H,9-11,13H2,1H3,(H,24,28)/t14-,15+,16-/m0/s1. The number of ether oxygens (including phenoxy) is 1. The smallest absolute Gasteiger partial charge is 0.254 e. The summed E-state index contributed by atoms with van der Waals surface area (Å²) in [5, 5.41) is 9.52. The van der Waals surface area contributed by atoms with Crippen molar-refractivity contribution in [3.63, 3.8) is 0 Å². The second-order valence-electron chi connectivity index (χ2n) is 7.82. The molecule has 7 nitrogen and oxygen atoms in total. The van der Waals surface area contributed by atoms with Gasteiger partial charge in [0.15, 0.2) is 0 Å². The number of aromatic nitrogens is 4. The van der Waals surface area contributed by atoms with Gasteiger partial charge in [0.2, 0.25) is 0 Å². The van der Waals surface area contributed by atoms with Crippen LogP contribution in [0.4, 0.5) is 0 Å². The van der Waals surface area contributed by atoms with Crippen LogP contribution >= 0.6 is 11.3 Å². The lowest BCUT2D eigenvalue weighted by molar-refractivity contribution is 0.0939. The Morgan fingerprint density at radius 3 is 3.00 bits per heavy atom. The molecule has 3 heterocycles. The molecule has 1 amide bonds. The van der Waals surface area contributed by atoms with Crippen LogP contribution in [0, 0.1) is 17.8 Å². The van der Waals surface area contributed by atoms with Crippen LogP contribution in [0.1, 0.15) is 28.9 Å². The predicted molar refractivity (Wildman–Crippen MR) is 114 cm³/mol. The van der Waals surface area contributed by atoms with E-state index in [4.69, 9.17) is 4.74 Å². The molecule has 0 unspecified atom stereocenters. The number of hydrogen-bond donors (Lipinski definition) is 1. The zero-order chi connectivity index (χ0) is 20.5. The third-order valence-corrected chi connectivity index (χ3v) is 6.83. The summed E-state index contributed by atoms with van der Waals surface area (Å²) in [5.41, 5.74) is 1.97. The van der Waals surface area contributed by atoms with Gasteiger partial charge in [-0.15, -0.1) is 11.3 Å². The number of carbonyl (C=O) groups is 1. The van der Waals surface area contributed by atoms with E-state index in [1.807, 2.05) is 23.6 Å². The van der Waals surface area contributed by atoms with Crippen LogP contribution in [-0.2, 0) is 11.3 Å². The van der Waals surface area contributed by atoms with Crippen molar-refractivity contribution in [2.24, 2.45) is 17.8 Å². The fourth-order valence-electron chi connectivity index (χ4n) is 4.47. The topological polar surface area (TPSA) is 81.9 Å². The Hall–Kier alpha value is -2.84. The number of fused-ring (bicyclic) bond motifs is 2. The number of methoxy groups -OCH3 is 1. The van der Waals surface area contributed by atoms with Gasteiger partial charge in [-0.1, -0.05) is 18.2 Å². The highest BCUT2D eigenvalue weighted by Crippen LogP contribution is 2.43. The van der Waals surface area contributed by atoms with E-state index in [0.717, 1.165) is 17.0 Å². The van der Waals surface area contributed by atoms with Gasteiger partial charge in [0.05, 0.1) is 34.6 Å². The molecule has 154 valence electrons. The maximum atomic E-state index is 12.9. The summed E-state index contributed by atoms with van der Waals surface area (Å²) < 4.78 is 6.95.